The van der Waals surface area contributed by atoms with Gasteiger partial charge in [-0.25, -0.2) is 0 Å². The van der Waals surface area contributed by atoms with Crippen LogP contribution in [0.2, 0.25) is 0 Å². The van der Waals surface area contributed by atoms with Crippen molar-refractivity contribution in [3.05, 3.63) is 162 Å². The molecule has 0 amide bonds. The van der Waals surface area contributed by atoms with Crippen molar-refractivity contribution in [1.29, 1.82) is 0 Å². The first-order valence-electron chi connectivity index (χ1n) is 21.3. The summed E-state index contributed by atoms with van der Waals surface area (Å²) in [6.07, 6.45) is 0. The fourth-order valence-corrected chi connectivity index (χ4v) is 10.8. The zero-order valence-corrected chi connectivity index (χ0v) is 35.3. The van der Waals surface area contributed by atoms with Gasteiger partial charge in [0.2, 0.25) is 0 Å². The van der Waals surface area contributed by atoms with Gasteiger partial charge < -0.3 is 9.05 Å². The molecule has 2 aliphatic rings. The van der Waals surface area contributed by atoms with Crippen molar-refractivity contribution in [3.63, 3.8) is 0 Å². The summed E-state index contributed by atoms with van der Waals surface area (Å²) in [6.45, 7) is 18.5. The van der Waals surface area contributed by atoms with Crippen molar-refractivity contribution in [2.24, 2.45) is 0 Å². The maximum absolute atomic E-state index is 2.74. The van der Waals surface area contributed by atoms with Crippen LogP contribution in [0.4, 0.5) is 0 Å². The predicted octanol–water partition coefficient (Wildman–Crippen LogP) is 13.5. The molecule has 0 saturated carbocycles. The molecule has 2 aliphatic heterocycles. The van der Waals surface area contributed by atoms with E-state index in [1.807, 2.05) is 0 Å². The molecule has 59 heavy (non-hydrogen) atoms. The normalized spacial score (nSPS) is 13.4. The van der Waals surface area contributed by atoms with Crippen LogP contribution in [0.15, 0.2) is 140 Å². The number of nitrogens with zero attached hydrogens (tertiary/aromatic N) is 2. The summed E-state index contributed by atoms with van der Waals surface area (Å²) >= 11 is 0. The monoisotopic (exact) mass is 758 g/mol. The van der Waals surface area contributed by atoms with Crippen LogP contribution in [-0.2, 0) is 10.8 Å². The Labute approximate surface area is 346 Å². The molecule has 2 aromatic heterocycles. The van der Waals surface area contributed by atoms with Crippen LogP contribution in [0.5, 0.6) is 0 Å². The third-order valence-corrected chi connectivity index (χ3v) is 13.6. The number of hydrogen-bond donors (Lipinski definition) is 0. The molecule has 2 nitrogen and oxygen atoms in total. The molecule has 0 N–H and O–H groups in total. The number of benzene rings is 8. The zero-order chi connectivity index (χ0) is 40.3. The van der Waals surface area contributed by atoms with Gasteiger partial charge in [0.05, 0.1) is 11.0 Å². The van der Waals surface area contributed by atoms with Gasteiger partial charge in [0.15, 0.2) is 0 Å². The highest BCUT2D eigenvalue weighted by Gasteiger charge is 2.43. The third kappa shape index (κ3) is 4.82. The minimum Gasteiger partial charge on any atom is -0.375 e. The van der Waals surface area contributed by atoms with Gasteiger partial charge in [0.1, 0.15) is 0 Å². The van der Waals surface area contributed by atoms with E-state index in [-0.39, 0.29) is 17.7 Å². The van der Waals surface area contributed by atoms with Gasteiger partial charge in [-0.1, -0.05) is 150 Å². The minimum atomic E-state index is -0.0399. The number of rotatable bonds is 2. The summed E-state index contributed by atoms with van der Waals surface area (Å²) in [4.78, 5) is 0. The summed E-state index contributed by atoms with van der Waals surface area (Å²) < 4.78 is 5.40. The SMILES string of the molecule is Cc1cc(C)cc(-c2cc3c4c(c2)-n2c5c(cc(-c6ccccc6)cc5c5ccc6ccccc6c52)B4n2c4ccc(C(C)(C)C)cc4c4cc(C(C)(C)C)cc-3c42)c1. The fourth-order valence-electron chi connectivity index (χ4n) is 10.8. The number of hydrogen-bond acceptors (Lipinski definition) is 0. The van der Waals surface area contributed by atoms with Crippen LogP contribution < -0.4 is 10.9 Å². The van der Waals surface area contributed by atoms with Crippen molar-refractivity contribution in [2.45, 2.75) is 66.2 Å². The number of aromatic nitrogens is 2. The number of fused-ring (bicyclic) bond motifs is 12. The Bertz CT molecular complexity index is 3450. The Balaban J connectivity index is 1.34. The molecule has 0 aliphatic carbocycles. The molecule has 0 unspecified atom stereocenters. The lowest BCUT2D eigenvalue weighted by Gasteiger charge is -2.35. The Morgan fingerprint density at radius 3 is 1.88 bits per heavy atom. The van der Waals surface area contributed by atoms with Crippen molar-refractivity contribution < 1.29 is 0 Å². The first-order valence-corrected chi connectivity index (χ1v) is 21.3. The van der Waals surface area contributed by atoms with Gasteiger partial charge in [0, 0.05) is 49.2 Å². The minimum absolute atomic E-state index is 0.0228. The van der Waals surface area contributed by atoms with Gasteiger partial charge in [-0.3, -0.25) is 0 Å². The van der Waals surface area contributed by atoms with E-state index in [0.29, 0.717) is 0 Å². The molecule has 0 bridgehead atoms. The molecule has 0 spiro atoms. The zero-order valence-electron chi connectivity index (χ0n) is 35.3. The van der Waals surface area contributed by atoms with Crippen molar-refractivity contribution in [2.75, 3.05) is 0 Å². The van der Waals surface area contributed by atoms with Gasteiger partial charge in [-0.05, 0) is 122 Å². The first kappa shape index (κ1) is 34.7. The molecule has 284 valence electrons. The molecule has 10 aromatic rings. The van der Waals surface area contributed by atoms with Crippen LogP contribution in [0.25, 0.3) is 93.5 Å². The molecule has 3 heteroatoms. The van der Waals surface area contributed by atoms with E-state index >= 15 is 0 Å². The molecule has 4 heterocycles. The quantitative estimate of drug-likeness (QED) is 0.155. The Hall–Kier alpha value is -6.32. The second-order valence-corrected chi connectivity index (χ2v) is 19.6. The van der Waals surface area contributed by atoms with E-state index in [2.05, 4.69) is 204 Å². The fraction of sp³-hybridized carbons (Fsp3) is 0.179. The lowest BCUT2D eigenvalue weighted by Crippen LogP contribution is -2.55. The van der Waals surface area contributed by atoms with E-state index in [9.17, 15) is 0 Å². The van der Waals surface area contributed by atoms with Crippen LogP contribution >= 0.6 is 0 Å². The maximum Gasteiger partial charge on any atom is 0.333 e. The molecule has 12 rings (SSSR count). The van der Waals surface area contributed by atoms with E-state index < -0.39 is 0 Å². The molecule has 0 saturated heterocycles. The third-order valence-electron chi connectivity index (χ3n) is 13.6. The van der Waals surface area contributed by atoms with E-state index in [1.165, 1.54) is 127 Å². The van der Waals surface area contributed by atoms with E-state index in [0.717, 1.165) is 0 Å². The standard InChI is InChI=1S/C56H47BN2/c1-32-22-33(2)24-36(23-32)38-25-44-47-31-40(56(6,7)8)30-46-43-29-39(55(3,4)5)19-21-49(43)59(53(46)47)57-48-27-37(34-14-10-9-11-15-34)26-45-42-20-18-35-16-12-13-17-41(35)52(42)58(54(45)48)50(28-38)51(44)57/h9-31H,1-8H3. The largest absolute Gasteiger partial charge is 0.375 e. The molecular formula is C56H47BN2. The summed E-state index contributed by atoms with van der Waals surface area (Å²) in [5.41, 5.74) is 22.3. The van der Waals surface area contributed by atoms with Crippen LogP contribution in [-0.4, -0.2) is 15.9 Å². The average molecular weight is 759 g/mol. The van der Waals surface area contributed by atoms with Crippen LogP contribution in [0, 0.1) is 13.8 Å². The van der Waals surface area contributed by atoms with Gasteiger partial charge in [-0.15, -0.1) is 0 Å². The molecule has 0 radical (unpaired) electrons. The van der Waals surface area contributed by atoms with Gasteiger partial charge in [0.25, 0.3) is 0 Å². The lowest BCUT2D eigenvalue weighted by molar-refractivity contribution is 0.590. The summed E-state index contributed by atoms with van der Waals surface area (Å²) in [6, 6.07) is 54.1. The molecule has 0 fully saturated rings. The van der Waals surface area contributed by atoms with Gasteiger partial charge in [-0.2, -0.15) is 0 Å². The molecular weight excluding hydrogens is 711 g/mol. The highest BCUT2D eigenvalue weighted by Crippen LogP contribution is 2.48. The van der Waals surface area contributed by atoms with Crippen molar-refractivity contribution in [3.8, 4) is 39.1 Å². The average Bonchev–Trinajstić information content (AvgIpc) is 3.73. The van der Waals surface area contributed by atoms with Crippen molar-refractivity contribution >= 4 is 72.2 Å². The summed E-state index contributed by atoms with van der Waals surface area (Å²) in [5, 5.41) is 7.85. The Morgan fingerprint density at radius 1 is 0.441 bits per heavy atom. The molecule has 0 atom stereocenters. The molecule has 8 aromatic carbocycles. The lowest BCUT2D eigenvalue weighted by atomic mass is 9.45. The number of aryl methyl sites for hydroxylation is 2. The Kier molecular flexibility index (Phi) is 6.86. The van der Waals surface area contributed by atoms with Crippen molar-refractivity contribution in [1.82, 2.24) is 9.05 Å². The van der Waals surface area contributed by atoms with E-state index in [1.54, 1.807) is 0 Å². The van der Waals surface area contributed by atoms with E-state index in [4.69, 9.17) is 0 Å². The van der Waals surface area contributed by atoms with Gasteiger partial charge >= 0.3 is 6.85 Å². The second-order valence-electron chi connectivity index (χ2n) is 19.6. The van der Waals surface area contributed by atoms with Crippen LogP contribution in [0.1, 0.15) is 63.8 Å². The predicted molar refractivity (Wildman–Crippen MR) is 255 cm³/mol. The topological polar surface area (TPSA) is 9.86 Å². The smallest absolute Gasteiger partial charge is 0.333 e. The highest BCUT2D eigenvalue weighted by atomic mass is 15.0. The summed E-state index contributed by atoms with van der Waals surface area (Å²) in [5.74, 6) is 0. The summed E-state index contributed by atoms with van der Waals surface area (Å²) in [7, 11) is 0. The maximum atomic E-state index is 2.74. The first-order chi connectivity index (χ1) is 28.3. The van der Waals surface area contributed by atoms with Crippen LogP contribution in [0.3, 0.4) is 0 Å². The second kappa shape index (κ2) is 11.7. The Morgan fingerprint density at radius 2 is 1.12 bits per heavy atom. The highest BCUT2D eigenvalue weighted by molar-refractivity contribution is 6.90.